The van der Waals surface area contributed by atoms with Crippen molar-refractivity contribution < 1.29 is 19.2 Å². The van der Waals surface area contributed by atoms with E-state index in [1.807, 2.05) is 0 Å². The Kier molecular flexibility index (Phi) is 5.76. The van der Waals surface area contributed by atoms with E-state index in [0.717, 1.165) is 11.3 Å². The van der Waals surface area contributed by atoms with Gasteiger partial charge in [0.15, 0.2) is 0 Å². The Balaban J connectivity index is 0.00000225. The molecule has 1 unspecified atom stereocenters. The van der Waals surface area contributed by atoms with Gasteiger partial charge in [0.25, 0.3) is 11.8 Å². The Bertz CT molecular complexity index is 737. The van der Waals surface area contributed by atoms with Crippen LogP contribution in [0, 0.1) is 0 Å². The van der Waals surface area contributed by atoms with E-state index in [1.54, 1.807) is 18.2 Å². The first kappa shape index (κ1) is 18.9. The summed E-state index contributed by atoms with van der Waals surface area (Å²) in [7, 11) is 0. The van der Waals surface area contributed by atoms with Gasteiger partial charge in [-0.05, 0) is 31.5 Å². The summed E-state index contributed by atoms with van der Waals surface area (Å²) in [6.07, 6.45) is 0.972. The summed E-state index contributed by atoms with van der Waals surface area (Å²) in [5, 5.41) is 5.28. The van der Waals surface area contributed by atoms with Gasteiger partial charge in [-0.25, -0.2) is 0 Å². The van der Waals surface area contributed by atoms with Gasteiger partial charge in [-0.1, -0.05) is 6.07 Å². The Labute approximate surface area is 150 Å². The molecular weight excluding hydrogens is 348 g/mol. The van der Waals surface area contributed by atoms with E-state index < -0.39 is 29.7 Å². The van der Waals surface area contributed by atoms with Crippen LogP contribution in [-0.2, 0) is 9.59 Å². The van der Waals surface area contributed by atoms with Gasteiger partial charge < -0.3 is 11.1 Å². The van der Waals surface area contributed by atoms with Crippen LogP contribution >= 0.6 is 12.4 Å². The summed E-state index contributed by atoms with van der Waals surface area (Å²) in [6, 6.07) is 4.01. The van der Waals surface area contributed by atoms with Crippen molar-refractivity contribution in [3.63, 3.8) is 0 Å². The van der Waals surface area contributed by atoms with Crippen LogP contribution in [0.15, 0.2) is 18.2 Å². The maximum absolute atomic E-state index is 12.8. The first-order valence-corrected chi connectivity index (χ1v) is 7.83. The molecule has 3 rings (SSSR count). The van der Waals surface area contributed by atoms with Crippen molar-refractivity contribution in [2.45, 2.75) is 25.3 Å². The number of benzene rings is 1. The fraction of sp³-hybridized carbons (Fsp3) is 0.375. The highest BCUT2D eigenvalue weighted by molar-refractivity contribution is 6.25. The minimum Gasteiger partial charge on any atom is -0.384 e. The second-order valence-corrected chi connectivity index (χ2v) is 5.74. The smallest absolute Gasteiger partial charge is 0.264 e. The molecule has 0 aliphatic carbocycles. The summed E-state index contributed by atoms with van der Waals surface area (Å²) in [5.41, 5.74) is 6.54. The molecule has 0 aromatic heterocycles. The number of carbonyl (C=O) groups excluding carboxylic acids is 4. The van der Waals surface area contributed by atoms with Crippen molar-refractivity contribution in [1.29, 1.82) is 0 Å². The number of halogens is 1. The first-order chi connectivity index (χ1) is 11.5. The molecule has 0 bridgehead atoms. The minimum atomic E-state index is -0.952. The van der Waals surface area contributed by atoms with Crippen molar-refractivity contribution in [3.05, 3.63) is 29.3 Å². The molecule has 25 heavy (non-hydrogen) atoms. The zero-order valence-electron chi connectivity index (χ0n) is 13.4. The van der Waals surface area contributed by atoms with Gasteiger partial charge in [-0.15, -0.1) is 12.4 Å². The second-order valence-electron chi connectivity index (χ2n) is 5.74. The number of hydrogen-bond donors (Lipinski definition) is 3. The molecule has 134 valence electrons. The highest BCUT2D eigenvalue weighted by Gasteiger charge is 2.45. The van der Waals surface area contributed by atoms with E-state index in [-0.39, 0.29) is 36.4 Å². The summed E-state index contributed by atoms with van der Waals surface area (Å²) in [5.74, 6) is -2.03. The van der Waals surface area contributed by atoms with Gasteiger partial charge in [0.05, 0.1) is 11.1 Å². The molecule has 4 N–H and O–H groups in total. The molecule has 1 atom stereocenters. The molecule has 1 fully saturated rings. The van der Waals surface area contributed by atoms with Crippen LogP contribution in [-0.4, -0.2) is 47.7 Å². The molecule has 2 aliphatic rings. The number of hydrogen-bond acceptors (Lipinski definition) is 6. The van der Waals surface area contributed by atoms with Crippen LogP contribution in [0.3, 0.4) is 0 Å². The lowest BCUT2D eigenvalue weighted by atomic mass is 10.0. The molecule has 0 spiro atoms. The Morgan fingerprint density at radius 1 is 1.20 bits per heavy atom. The highest BCUT2D eigenvalue weighted by atomic mass is 35.5. The number of nitrogens with zero attached hydrogens (tertiary/aromatic N) is 1. The number of piperidine rings is 1. The topological polar surface area (TPSA) is 122 Å². The second kappa shape index (κ2) is 7.62. The maximum Gasteiger partial charge on any atom is 0.264 e. The Morgan fingerprint density at radius 3 is 2.64 bits per heavy atom. The first-order valence-electron chi connectivity index (χ1n) is 7.83. The van der Waals surface area contributed by atoms with Gasteiger partial charge in [0.2, 0.25) is 11.8 Å². The van der Waals surface area contributed by atoms with Gasteiger partial charge in [0, 0.05) is 18.7 Å². The lowest BCUT2D eigenvalue weighted by Crippen LogP contribution is -2.54. The summed E-state index contributed by atoms with van der Waals surface area (Å²) in [6.45, 7) is 1.09. The fourth-order valence-corrected chi connectivity index (χ4v) is 2.99. The van der Waals surface area contributed by atoms with Crippen LogP contribution in [0.25, 0.3) is 0 Å². The number of nitrogens with two attached hydrogens (primary N) is 1. The summed E-state index contributed by atoms with van der Waals surface area (Å²) >= 11 is 0. The van der Waals surface area contributed by atoms with Crippen LogP contribution in [0.5, 0.6) is 0 Å². The number of fused-ring (bicyclic) bond motifs is 1. The standard InChI is InChI=1S/C16H18N4O4.ClH/c17-7-2-8-18-10-4-1-3-9-13(10)16(24)20(15(9)23)11-5-6-12(21)19-14(11)22;/h1,3-4,11,18H,2,5-8,17H2,(H,19,21,22);1H. The molecule has 1 aromatic carbocycles. The van der Waals surface area contributed by atoms with Gasteiger partial charge >= 0.3 is 0 Å². The largest absolute Gasteiger partial charge is 0.384 e. The lowest BCUT2D eigenvalue weighted by molar-refractivity contribution is -0.136. The molecule has 2 heterocycles. The summed E-state index contributed by atoms with van der Waals surface area (Å²) < 4.78 is 0. The lowest BCUT2D eigenvalue weighted by Gasteiger charge is -2.27. The zero-order chi connectivity index (χ0) is 17.3. The highest BCUT2D eigenvalue weighted by Crippen LogP contribution is 2.32. The molecule has 8 nitrogen and oxygen atoms in total. The van der Waals surface area contributed by atoms with Crippen molar-refractivity contribution in [3.8, 4) is 0 Å². The normalized spacial score (nSPS) is 19.4. The van der Waals surface area contributed by atoms with Crippen molar-refractivity contribution in [2.24, 2.45) is 5.73 Å². The molecule has 9 heteroatoms. The summed E-state index contributed by atoms with van der Waals surface area (Å²) in [4.78, 5) is 49.6. The number of carbonyl (C=O) groups is 4. The average Bonchev–Trinajstić information content (AvgIpc) is 2.81. The predicted octanol–water partition coefficient (Wildman–Crippen LogP) is 0.270. The molecule has 2 aliphatic heterocycles. The molecular formula is C16H19ClN4O4. The van der Waals surface area contributed by atoms with E-state index in [0.29, 0.717) is 18.8 Å². The minimum absolute atomic E-state index is 0. The number of nitrogens with one attached hydrogen (secondary N) is 2. The third-order valence-electron chi connectivity index (χ3n) is 4.16. The molecule has 0 saturated carbocycles. The average molecular weight is 367 g/mol. The number of anilines is 1. The predicted molar refractivity (Wildman–Crippen MR) is 92.5 cm³/mol. The molecule has 4 amide bonds. The van der Waals surface area contributed by atoms with Gasteiger partial charge in [-0.3, -0.25) is 29.4 Å². The SMILES string of the molecule is Cl.NCCCNc1cccc2c1C(=O)N(C1CCC(=O)NC1=O)C2=O. The van der Waals surface area contributed by atoms with E-state index in [1.165, 1.54) is 0 Å². The number of imide groups is 2. The van der Waals surface area contributed by atoms with E-state index >= 15 is 0 Å². The fourth-order valence-electron chi connectivity index (χ4n) is 2.99. The van der Waals surface area contributed by atoms with Crippen LogP contribution in [0.1, 0.15) is 40.0 Å². The van der Waals surface area contributed by atoms with E-state index in [2.05, 4.69) is 10.6 Å². The maximum atomic E-state index is 12.8. The number of amides is 4. The van der Waals surface area contributed by atoms with Crippen LogP contribution in [0.4, 0.5) is 5.69 Å². The van der Waals surface area contributed by atoms with Gasteiger partial charge in [0.1, 0.15) is 6.04 Å². The molecule has 1 saturated heterocycles. The molecule has 0 radical (unpaired) electrons. The van der Waals surface area contributed by atoms with Crippen LogP contribution in [0.2, 0.25) is 0 Å². The van der Waals surface area contributed by atoms with E-state index in [4.69, 9.17) is 5.73 Å². The van der Waals surface area contributed by atoms with Crippen molar-refractivity contribution >= 4 is 41.7 Å². The Hall–Kier alpha value is -2.45. The number of rotatable bonds is 5. The Morgan fingerprint density at radius 2 is 1.96 bits per heavy atom. The third-order valence-corrected chi connectivity index (χ3v) is 4.16. The van der Waals surface area contributed by atoms with Crippen molar-refractivity contribution in [1.82, 2.24) is 10.2 Å². The van der Waals surface area contributed by atoms with Crippen LogP contribution < -0.4 is 16.4 Å². The van der Waals surface area contributed by atoms with Crippen molar-refractivity contribution in [2.75, 3.05) is 18.4 Å². The third kappa shape index (κ3) is 3.35. The quantitative estimate of drug-likeness (QED) is 0.508. The monoisotopic (exact) mass is 366 g/mol. The zero-order valence-corrected chi connectivity index (χ0v) is 14.2. The van der Waals surface area contributed by atoms with Gasteiger partial charge in [-0.2, -0.15) is 0 Å². The molecule has 1 aromatic rings. The van der Waals surface area contributed by atoms with E-state index in [9.17, 15) is 19.2 Å².